The van der Waals surface area contributed by atoms with Gasteiger partial charge < -0.3 is 14.4 Å². The number of hydrogen-bond acceptors (Lipinski definition) is 5. The summed E-state index contributed by atoms with van der Waals surface area (Å²) < 4.78 is 54.7. The molecule has 34 heavy (non-hydrogen) atoms. The molecule has 7 nitrogen and oxygen atoms in total. The molecule has 0 N–H and O–H groups in total. The van der Waals surface area contributed by atoms with Crippen molar-refractivity contribution in [1.82, 2.24) is 24.6 Å². The topological polar surface area (TPSA) is 67.2 Å². The number of aromatic nitrogens is 4. The lowest BCUT2D eigenvalue weighted by Crippen LogP contribution is -2.49. The third-order valence-corrected chi connectivity index (χ3v) is 6.95. The van der Waals surface area contributed by atoms with E-state index in [1.807, 2.05) is 13.0 Å². The molecule has 1 saturated heterocycles. The highest BCUT2D eigenvalue weighted by molar-refractivity contribution is 6.31. The van der Waals surface area contributed by atoms with Crippen molar-refractivity contribution in [3.05, 3.63) is 46.9 Å². The fourth-order valence-electron chi connectivity index (χ4n) is 4.94. The quantitative estimate of drug-likeness (QED) is 0.499. The number of halogens is 5. The maximum atomic E-state index is 14.4. The summed E-state index contributed by atoms with van der Waals surface area (Å²) in [5.74, 6) is -1.84. The Morgan fingerprint density at radius 2 is 1.94 bits per heavy atom. The number of alkyl halides is 3. The number of carbonyl (C=O) groups excluding carboxylic acids is 1. The van der Waals surface area contributed by atoms with E-state index in [4.69, 9.17) is 11.6 Å². The highest BCUT2D eigenvalue weighted by atomic mass is 35.5. The number of amides is 1. The number of pyridine rings is 1. The maximum Gasteiger partial charge on any atom is 0.451 e. The molecule has 4 heterocycles. The molecule has 12 heteroatoms. The van der Waals surface area contributed by atoms with Gasteiger partial charge in [-0.05, 0) is 30.5 Å². The molecule has 3 aromatic rings. The Bertz CT molecular complexity index is 1260. The summed E-state index contributed by atoms with van der Waals surface area (Å²) >= 11 is 5.90. The molecule has 0 aliphatic carbocycles. The molecule has 0 spiro atoms. The first-order valence-electron chi connectivity index (χ1n) is 10.9. The molecule has 0 unspecified atom stereocenters. The van der Waals surface area contributed by atoms with Crippen molar-refractivity contribution in [2.24, 2.45) is 11.8 Å². The first kappa shape index (κ1) is 22.8. The number of anilines is 1. The lowest BCUT2D eigenvalue weighted by Gasteiger charge is -2.40. The second-order valence-corrected chi connectivity index (χ2v) is 9.16. The van der Waals surface area contributed by atoms with Crippen LogP contribution in [0.4, 0.5) is 23.2 Å². The summed E-state index contributed by atoms with van der Waals surface area (Å²) in [5.41, 5.74) is 1.02. The van der Waals surface area contributed by atoms with Crippen LogP contribution in [0.1, 0.15) is 25.0 Å². The van der Waals surface area contributed by atoms with Crippen molar-refractivity contribution in [3.8, 4) is 0 Å². The molecule has 2 aliphatic heterocycles. The van der Waals surface area contributed by atoms with Crippen LogP contribution >= 0.6 is 11.6 Å². The number of piperidine rings is 1. The number of carbonyl (C=O) groups is 1. The molecule has 2 atom stereocenters. The fraction of sp³-hybridized carbons (Fsp3) is 0.455. The van der Waals surface area contributed by atoms with E-state index in [0.717, 1.165) is 10.3 Å². The van der Waals surface area contributed by atoms with Crippen LogP contribution in [-0.4, -0.2) is 50.2 Å². The van der Waals surface area contributed by atoms with Gasteiger partial charge in [-0.2, -0.15) is 13.2 Å². The minimum Gasteiger partial charge on any atom is -0.371 e. The molecule has 2 aromatic heterocycles. The normalized spacial score (nSPS) is 21.1. The second kappa shape index (κ2) is 8.37. The van der Waals surface area contributed by atoms with Gasteiger partial charge in [0.25, 0.3) is 0 Å². The average Bonchev–Trinajstić information content (AvgIpc) is 3.24. The summed E-state index contributed by atoms with van der Waals surface area (Å²) in [4.78, 5) is 21.1. The zero-order valence-corrected chi connectivity index (χ0v) is 18.9. The predicted molar refractivity (Wildman–Crippen MR) is 117 cm³/mol. The maximum absolute atomic E-state index is 14.4. The van der Waals surface area contributed by atoms with E-state index in [-0.39, 0.29) is 53.7 Å². The Morgan fingerprint density at radius 1 is 1.15 bits per heavy atom. The zero-order chi connectivity index (χ0) is 24.2. The molecule has 2 aliphatic rings. The van der Waals surface area contributed by atoms with Gasteiger partial charge >= 0.3 is 6.18 Å². The van der Waals surface area contributed by atoms with Crippen LogP contribution in [0.3, 0.4) is 0 Å². The largest absolute Gasteiger partial charge is 0.451 e. The van der Waals surface area contributed by atoms with E-state index in [1.165, 1.54) is 12.3 Å². The van der Waals surface area contributed by atoms with E-state index < -0.39 is 17.8 Å². The fourth-order valence-corrected chi connectivity index (χ4v) is 5.09. The number of benzene rings is 1. The van der Waals surface area contributed by atoms with Crippen molar-refractivity contribution >= 4 is 34.1 Å². The number of fused-ring (bicyclic) bond motifs is 2. The van der Waals surface area contributed by atoms with Crippen molar-refractivity contribution in [2.75, 3.05) is 24.5 Å². The van der Waals surface area contributed by atoms with Gasteiger partial charge in [-0.25, -0.2) is 4.39 Å². The van der Waals surface area contributed by atoms with Crippen molar-refractivity contribution < 1.29 is 22.4 Å². The van der Waals surface area contributed by atoms with Crippen molar-refractivity contribution in [1.29, 1.82) is 0 Å². The number of hydrogen-bond donors (Lipinski definition) is 0. The monoisotopic (exact) mass is 496 g/mol. The number of nitrogens with zero attached hydrogens (tertiary/aromatic N) is 6. The molecule has 180 valence electrons. The van der Waals surface area contributed by atoms with Crippen LogP contribution in [0.15, 0.2) is 24.4 Å². The summed E-state index contributed by atoms with van der Waals surface area (Å²) in [6.07, 6.45) is -2.47. The summed E-state index contributed by atoms with van der Waals surface area (Å²) in [6, 6.07) is 5.06. The van der Waals surface area contributed by atoms with E-state index >= 15 is 0 Å². The number of rotatable bonds is 2. The first-order valence-corrected chi connectivity index (χ1v) is 11.3. The molecule has 0 radical (unpaired) electrons. The third-order valence-electron chi connectivity index (χ3n) is 6.66. The van der Waals surface area contributed by atoms with Crippen LogP contribution < -0.4 is 4.90 Å². The van der Waals surface area contributed by atoms with Gasteiger partial charge in [-0.1, -0.05) is 18.5 Å². The highest BCUT2D eigenvalue weighted by Crippen LogP contribution is 2.35. The molecular formula is C22H21ClF4N6O. The Balaban J connectivity index is 1.31. The molecular weight excluding hydrogens is 476 g/mol. The van der Waals surface area contributed by atoms with Crippen LogP contribution in [-0.2, 0) is 24.1 Å². The van der Waals surface area contributed by atoms with Crippen molar-refractivity contribution in [3.63, 3.8) is 0 Å². The SMILES string of the molecule is C[C@@H]1CN(c2ccnc3c(F)c(Cl)ccc23)CC[C@@H]1C(=O)N1CCn2c(nnc2C(F)(F)F)C1. The van der Waals surface area contributed by atoms with E-state index in [0.29, 0.717) is 24.9 Å². The van der Waals surface area contributed by atoms with Crippen LogP contribution in [0.2, 0.25) is 5.02 Å². The Kier molecular flexibility index (Phi) is 5.62. The van der Waals surface area contributed by atoms with Gasteiger partial charge in [0.05, 0.1) is 11.6 Å². The Labute approximate surface area is 197 Å². The second-order valence-electron chi connectivity index (χ2n) is 8.76. The average molecular weight is 497 g/mol. The summed E-state index contributed by atoms with van der Waals surface area (Å²) in [7, 11) is 0. The molecule has 1 amide bonds. The third kappa shape index (κ3) is 3.85. The van der Waals surface area contributed by atoms with Crippen LogP contribution in [0, 0.1) is 17.7 Å². The van der Waals surface area contributed by atoms with Gasteiger partial charge in [0.15, 0.2) is 11.6 Å². The van der Waals surface area contributed by atoms with E-state index in [9.17, 15) is 22.4 Å². The van der Waals surface area contributed by atoms with Gasteiger partial charge in [-0.3, -0.25) is 9.78 Å². The van der Waals surface area contributed by atoms with Crippen LogP contribution in [0.25, 0.3) is 10.9 Å². The highest BCUT2D eigenvalue weighted by Gasteiger charge is 2.41. The Hall–Kier alpha value is -2.95. The predicted octanol–water partition coefficient (Wildman–Crippen LogP) is 4.14. The van der Waals surface area contributed by atoms with Crippen LogP contribution in [0.5, 0.6) is 0 Å². The first-order chi connectivity index (χ1) is 16.1. The van der Waals surface area contributed by atoms with Gasteiger partial charge in [-0.15, -0.1) is 10.2 Å². The van der Waals surface area contributed by atoms with Gasteiger partial charge in [0.1, 0.15) is 5.52 Å². The summed E-state index contributed by atoms with van der Waals surface area (Å²) in [6.45, 7) is 3.31. The van der Waals surface area contributed by atoms with Gasteiger partial charge in [0.2, 0.25) is 11.7 Å². The molecule has 5 rings (SSSR count). The Morgan fingerprint density at radius 3 is 2.68 bits per heavy atom. The zero-order valence-electron chi connectivity index (χ0n) is 18.2. The molecule has 1 aromatic carbocycles. The lowest BCUT2D eigenvalue weighted by atomic mass is 9.85. The van der Waals surface area contributed by atoms with E-state index in [2.05, 4.69) is 20.1 Å². The van der Waals surface area contributed by atoms with E-state index in [1.54, 1.807) is 11.0 Å². The van der Waals surface area contributed by atoms with Crippen molar-refractivity contribution in [2.45, 2.75) is 32.6 Å². The van der Waals surface area contributed by atoms with Gasteiger partial charge in [0, 0.05) is 49.4 Å². The molecule has 0 saturated carbocycles. The molecule has 0 bridgehead atoms. The standard InChI is InChI=1S/C22H21ClF4N6O/c1-12-10-31(16-4-6-28-19-14(16)2-3-15(23)18(19)24)7-5-13(12)20(34)32-8-9-33-17(11-32)29-30-21(33)22(25,26)27/h2-4,6,12-13H,5,7-11H2,1H3/t12-,13+/m1/s1. The summed E-state index contributed by atoms with van der Waals surface area (Å²) in [5, 5.41) is 7.59. The smallest absolute Gasteiger partial charge is 0.371 e. The minimum atomic E-state index is -4.58. The molecule has 1 fully saturated rings. The minimum absolute atomic E-state index is 0.00385. The lowest BCUT2D eigenvalue weighted by molar-refractivity contribution is -0.148.